The van der Waals surface area contributed by atoms with Crippen molar-refractivity contribution in [3.8, 4) is 0 Å². The molecule has 0 spiro atoms. The smallest absolute Gasteiger partial charge is 0.309 e. The molecule has 1 saturated carbocycles. The molecule has 0 heterocycles. The van der Waals surface area contributed by atoms with Crippen molar-refractivity contribution in [2.24, 2.45) is 40.9 Å². The van der Waals surface area contributed by atoms with Crippen LogP contribution in [0, 0.1) is 40.9 Å². The monoisotopic (exact) mass is 622 g/mol. The molecule has 250 valence electrons. The zero-order chi connectivity index (χ0) is 33.9. The third-order valence-corrected chi connectivity index (χ3v) is 9.46. The summed E-state index contributed by atoms with van der Waals surface area (Å²) in [6, 6.07) is 0. The third kappa shape index (κ3) is 7.80. The predicted molar refractivity (Wildman–Crippen MR) is 164 cm³/mol. The second kappa shape index (κ2) is 14.7. The largest absolute Gasteiger partial charge is 0.457 e. The maximum atomic E-state index is 13.9. The first-order valence-electron chi connectivity index (χ1n) is 15.9. The first-order valence-corrected chi connectivity index (χ1v) is 15.9. The fourth-order valence-corrected chi connectivity index (χ4v) is 5.75. The number of fused-ring (bicyclic) bond motifs is 1. The topological polar surface area (TPSA) is 157 Å². The number of carbonyl (C=O) groups is 4. The van der Waals surface area contributed by atoms with Gasteiger partial charge in [-0.3, -0.25) is 19.2 Å². The first kappa shape index (κ1) is 37.6. The van der Waals surface area contributed by atoms with E-state index in [0.717, 1.165) is 0 Å². The Hall–Kier alpha value is -2.56. The SMILES string of the molecule is C=C1[C@H](OC(=O)C(C)C)[C@@H](OC(=O)[C@H](C)CC)[C@@H](O)C(C)(C)/C=C/[C@H](C)C(=O)[C@@]2(O)C[C@H](C)[C@H](O)[C@@H]2[C@H]1OC(=O)[C@H](C)CC. The molecule has 0 aromatic heterocycles. The minimum absolute atomic E-state index is 0.116. The van der Waals surface area contributed by atoms with Gasteiger partial charge < -0.3 is 29.5 Å². The van der Waals surface area contributed by atoms with Gasteiger partial charge in [0.25, 0.3) is 0 Å². The molecule has 0 aromatic rings. The molecule has 2 aliphatic rings. The van der Waals surface area contributed by atoms with Gasteiger partial charge in [-0.15, -0.1) is 0 Å². The van der Waals surface area contributed by atoms with Crippen LogP contribution in [0.15, 0.2) is 24.3 Å². The molecule has 0 saturated heterocycles. The lowest BCUT2D eigenvalue weighted by atomic mass is 9.72. The predicted octanol–water partition coefficient (Wildman–Crippen LogP) is 3.94. The lowest BCUT2D eigenvalue weighted by Gasteiger charge is -2.43. The second-order valence-electron chi connectivity index (χ2n) is 13.9. The maximum absolute atomic E-state index is 13.9. The van der Waals surface area contributed by atoms with Gasteiger partial charge >= 0.3 is 17.9 Å². The lowest BCUT2D eigenvalue weighted by Crippen LogP contribution is -2.57. The molecule has 10 heteroatoms. The molecule has 0 radical (unpaired) electrons. The summed E-state index contributed by atoms with van der Waals surface area (Å²) >= 11 is 0. The number of aliphatic hydroxyl groups is 3. The fraction of sp³-hybridized carbons (Fsp3) is 0.765. The van der Waals surface area contributed by atoms with E-state index in [1.807, 2.05) is 0 Å². The summed E-state index contributed by atoms with van der Waals surface area (Å²) in [4.78, 5) is 53.6. The van der Waals surface area contributed by atoms with Gasteiger partial charge in [-0.1, -0.05) is 88.0 Å². The average Bonchev–Trinajstić information content (AvgIpc) is 3.20. The number of rotatable bonds is 8. The van der Waals surface area contributed by atoms with Gasteiger partial charge in [0, 0.05) is 16.9 Å². The van der Waals surface area contributed by atoms with Crippen LogP contribution < -0.4 is 0 Å². The second-order valence-corrected chi connectivity index (χ2v) is 13.9. The molecule has 1 fully saturated rings. The van der Waals surface area contributed by atoms with Gasteiger partial charge in [-0.05, 0) is 25.2 Å². The van der Waals surface area contributed by atoms with E-state index in [4.69, 9.17) is 14.2 Å². The minimum atomic E-state index is -2.15. The van der Waals surface area contributed by atoms with Crippen molar-refractivity contribution in [3.05, 3.63) is 24.3 Å². The van der Waals surface area contributed by atoms with Crippen molar-refractivity contribution in [2.45, 2.75) is 125 Å². The van der Waals surface area contributed by atoms with Crippen LogP contribution in [0.5, 0.6) is 0 Å². The molecule has 3 N–H and O–H groups in total. The molecule has 0 bridgehead atoms. The van der Waals surface area contributed by atoms with Crippen LogP contribution in [-0.2, 0) is 33.4 Å². The normalized spacial score (nSPS) is 36.3. The summed E-state index contributed by atoms with van der Waals surface area (Å²) in [5.41, 5.74) is -3.43. The highest BCUT2D eigenvalue weighted by atomic mass is 16.6. The Morgan fingerprint density at radius 2 is 1.43 bits per heavy atom. The van der Waals surface area contributed by atoms with E-state index in [-0.39, 0.29) is 12.0 Å². The van der Waals surface area contributed by atoms with E-state index in [0.29, 0.717) is 12.8 Å². The summed E-state index contributed by atoms with van der Waals surface area (Å²) < 4.78 is 17.8. The Kier molecular flexibility index (Phi) is 12.6. The highest BCUT2D eigenvalue weighted by Crippen LogP contribution is 2.48. The van der Waals surface area contributed by atoms with Gasteiger partial charge in [0.15, 0.2) is 18.0 Å². The quantitative estimate of drug-likeness (QED) is 0.206. The van der Waals surface area contributed by atoms with E-state index < -0.39 is 101 Å². The number of allylic oxidation sites excluding steroid dienone is 1. The van der Waals surface area contributed by atoms with Gasteiger partial charge in [0.2, 0.25) is 0 Å². The minimum Gasteiger partial charge on any atom is -0.457 e. The Bertz CT molecular complexity index is 1110. The van der Waals surface area contributed by atoms with Crippen LogP contribution >= 0.6 is 0 Å². The van der Waals surface area contributed by atoms with Gasteiger partial charge in [0.1, 0.15) is 17.8 Å². The van der Waals surface area contributed by atoms with E-state index >= 15 is 0 Å². The molecule has 2 aliphatic carbocycles. The zero-order valence-corrected chi connectivity index (χ0v) is 28.0. The van der Waals surface area contributed by atoms with Crippen LogP contribution in [0.25, 0.3) is 0 Å². The number of Topliss-reactive ketones (excluding diaryl/α,β-unsaturated/α-hetero) is 1. The van der Waals surface area contributed by atoms with Crippen LogP contribution in [0.2, 0.25) is 0 Å². The number of ketones is 1. The molecule has 44 heavy (non-hydrogen) atoms. The van der Waals surface area contributed by atoms with Crippen LogP contribution in [0.4, 0.5) is 0 Å². The first-order chi connectivity index (χ1) is 20.2. The molecule has 0 amide bonds. The van der Waals surface area contributed by atoms with Gasteiger partial charge in [-0.25, -0.2) is 0 Å². The Morgan fingerprint density at radius 3 is 1.93 bits per heavy atom. The van der Waals surface area contributed by atoms with Gasteiger partial charge in [-0.2, -0.15) is 0 Å². The molecule has 10 nitrogen and oxygen atoms in total. The highest BCUT2D eigenvalue weighted by molar-refractivity contribution is 5.91. The van der Waals surface area contributed by atoms with E-state index in [1.165, 1.54) is 0 Å². The summed E-state index contributed by atoms with van der Waals surface area (Å²) in [6.07, 6.45) is -3.57. The maximum Gasteiger partial charge on any atom is 0.309 e. The van der Waals surface area contributed by atoms with E-state index in [1.54, 1.807) is 81.4 Å². The molecular formula is C34H54O10. The van der Waals surface area contributed by atoms with Crippen molar-refractivity contribution in [3.63, 3.8) is 0 Å². The number of carbonyl (C=O) groups excluding carboxylic acids is 4. The van der Waals surface area contributed by atoms with Crippen LogP contribution in [0.1, 0.15) is 88.5 Å². The zero-order valence-electron chi connectivity index (χ0n) is 28.0. The third-order valence-electron chi connectivity index (χ3n) is 9.46. The Morgan fingerprint density at radius 1 is 0.932 bits per heavy atom. The highest BCUT2D eigenvalue weighted by Gasteiger charge is 2.61. The van der Waals surface area contributed by atoms with Crippen LogP contribution in [-0.4, -0.2) is 75.1 Å². The average molecular weight is 623 g/mol. The van der Waals surface area contributed by atoms with Crippen molar-refractivity contribution < 1.29 is 48.7 Å². The molecule has 2 rings (SSSR count). The molecule has 0 aromatic carbocycles. The standard InChI is InChI=1S/C34H54O10/c1-12-18(5)31(39)42-25-22(9)26(43-30(38)17(3)4)27(44-32(40)19(6)13-2)29(37)33(10,11)15-14-20(7)28(36)34(41)16-21(8)24(35)23(25)34/h14-15,17-21,23-27,29,35,37,41H,9,12-13,16H2,1-8,10-11H3/b15-14+/t18-,19-,20+,21+,23-,24+,25+,26+,27-,29-,34-/m1/s1. The van der Waals surface area contributed by atoms with Crippen molar-refractivity contribution >= 4 is 23.7 Å². The summed E-state index contributed by atoms with van der Waals surface area (Å²) in [5.74, 6) is -7.25. The van der Waals surface area contributed by atoms with Crippen molar-refractivity contribution in [1.29, 1.82) is 0 Å². The van der Waals surface area contributed by atoms with E-state index in [2.05, 4.69) is 6.58 Å². The van der Waals surface area contributed by atoms with Crippen molar-refractivity contribution in [2.75, 3.05) is 0 Å². The molecule has 0 unspecified atom stereocenters. The molecule has 11 atom stereocenters. The molecular weight excluding hydrogens is 568 g/mol. The van der Waals surface area contributed by atoms with E-state index in [9.17, 15) is 34.5 Å². The number of ether oxygens (including phenoxy) is 3. The summed E-state index contributed by atoms with van der Waals surface area (Å²) in [5, 5.41) is 35.4. The lowest BCUT2D eigenvalue weighted by molar-refractivity contribution is -0.188. The Labute approximate surface area is 262 Å². The number of hydrogen-bond donors (Lipinski definition) is 3. The summed E-state index contributed by atoms with van der Waals surface area (Å²) in [7, 11) is 0. The number of aliphatic hydroxyl groups excluding tert-OH is 2. The molecule has 0 aliphatic heterocycles. The van der Waals surface area contributed by atoms with Gasteiger partial charge in [0.05, 0.1) is 29.8 Å². The van der Waals surface area contributed by atoms with Crippen LogP contribution in [0.3, 0.4) is 0 Å². The summed E-state index contributed by atoms with van der Waals surface area (Å²) in [6.45, 7) is 20.9. The van der Waals surface area contributed by atoms with Crippen molar-refractivity contribution in [1.82, 2.24) is 0 Å². The number of esters is 3. The fourth-order valence-electron chi connectivity index (χ4n) is 5.75. The Balaban J connectivity index is 2.96. The number of hydrogen-bond acceptors (Lipinski definition) is 10.